The summed E-state index contributed by atoms with van der Waals surface area (Å²) in [6.07, 6.45) is 3.01. The minimum absolute atomic E-state index is 0.184. The van der Waals surface area contributed by atoms with Gasteiger partial charge in [-0.15, -0.1) is 0 Å². The number of nitrogens with one attached hydrogen (secondary N) is 1. The Balaban J connectivity index is 1.38. The zero-order chi connectivity index (χ0) is 14.5. The first-order chi connectivity index (χ1) is 10.3. The van der Waals surface area contributed by atoms with Gasteiger partial charge in [0.1, 0.15) is 0 Å². The molecule has 0 heterocycles. The van der Waals surface area contributed by atoms with Gasteiger partial charge in [-0.1, -0.05) is 60.7 Å². The monoisotopic (exact) mass is 279 g/mol. The van der Waals surface area contributed by atoms with Gasteiger partial charge in [0.2, 0.25) is 5.91 Å². The van der Waals surface area contributed by atoms with Crippen LogP contribution in [0, 0.1) is 5.92 Å². The molecule has 1 aliphatic carbocycles. The van der Waals surface area contributed by atoms with Crippen molar-refractivity contribution >= 4 is 5.91 Å². The summed E-state index contributed by atoms with van der Waals surface area (Å²) < 4.78 is 0. The van der Waals surface area contributed by atoms with E-state index in [1.807, 2.05) is 24.3 Å². The summed E-state index contributed by atoms with van der Waals surface area (Å²) in [4.78, 5) is 12.1. The van der Waals surface area contributed by atoms with E-state index in [0.29, 0.717) is 5.92 Å². The first kappa shape index (κ1) is 13.9. The highest BCUT2D eigenvalue weighted by molar-refractivity contribution is 5.82. The summed E-state index contributed by atoms with van der Waals surface area (Å²) in [6.45, 7) is 0.770. The lowest BCUT2D eigenvalue weighted by Crippen LogP contribution is -2.26. The van der Waals surface area contributed by atoms with Gasteiger partial charge in [0.15, 0.2) is 0 Å². The van der Waals surface area contributed by atoms with Gasteiger partial charge in [0, 0.05) is 12.5 Å². The van der Waals surface area contributed by atoms with Gasteiger partial charge < -0.3 is 5.32 Å². The Bertz CT molecular complexity index is 579. The second kappa shape index (κ2) is 6.57. The van der Waals surface area contributed by atoms with Crippen LogP contribution in [0.2, 0.25) is 0 Å². The molecule has 0 bridgehead atoms. The van der Waals surface area contributed by atoms with E-state index in [4.69, 9.17) is 0 Å². The van der Waals surface area contributed by atoms with Crippen LogP contribution in [0.25, 0.3) is 0 Å². The number of amides is 1. The second-order valence-electron chi connectivity index (χ2n) is 5.74. The fourth-order valence-electron chi connectivity index (χ4n) is 2.83. The largest absolute Gasteiger partial charge is 0.356 e. The molecule has 0 aromatic heterocycles. The van der Waals surface area contributed by atoms with Crippen LogP contribution in [-0.4, -0.2) is 12.5 Å². The Morgan fingerprint density at radius 1 is 1.00 bits per heavy atom. The number of hydrogen-bond donors (Lipinski definition) is 1. The maximum atomic E-state index is 12.1. The van der Waals surface area contributed by atoms with Crippen molar-refractivity contribution < 1.29 is 4.79 Å². The van der Waals surface area contributed by atoms with E-state index in [2.05, 4.69) is 41.7 Å². The summed E-state index contributed by atoms with van der Waals surface area (Å²) in [5, 5.41) is 3.08. The molecule has 3 rings (SSSR count). The minimum atomic E-state index is 0.184. The van der Waals surface area contributed by atoms with Crippen LogP contribution in [0.5, 0.6) is 0 Å². The summed E-state index contributed by atoms with van der Waals surface area (Å²) in [5.41, 5.74) is 2.63. The lowest BCUT2D eigenvalue weighted by atomic mass is 10.1. The van der Waals surface area contributed by atoms with Crippen LogP contribution in [0.1, 0.15) is 29.9 Å². The maximum Gasteiger partial charge on any atom is 0.223 e. The molecular weight excluding hydrogens is 258 g/mol. The number of carbonyl (C=O) groups is 1. The minimum Gasteiger partial charge on any atom is -0.356 e. The smallest absolute Gasteiger partial charge is 0.223 e. The first-order valence-corrected chi connectivity index (χ1v) is 7.71. The molecule has 0 saturated heterocycles. The molecule has 0 spiro atoms. The van der Waals surface area contributed by atoms with Crippen molar-refractivity contribution in [2.45, 2.75) is 25.2 Å². The molecule has 1 saturated carbocycles. The highest BCUT2D eigenvalue weighted by Crippen LogP contribution is 2.47. The van der Waals surface area contributed by atoms with Crippen LogP contribution >= 0.6 is 0 Å². The molecule has 0 aliphatic heterocycles. The molecule has 108 valence electrons. The van der Waals surface area contributed by atoms with Gasteiger partial charge in [-0.05, 0) is 36.3 Å². The number of aryl methyl sites for hydroxylation is 1. The lowest BCUT2D eigenvalue weighted by molar-refractivity contribution is -0.122. The van der Waals surface area contributed by atoms with E-state index >= 15 is 0 Å². The molecule has 1 aliphatic rings. The predicted molar refractivity (Wildman–Crippen MR) is 85.1 cm³/mol. The molecular formula is C19H21NO. The average Bonchev–Trinajstić information content (AvgIpc) is 3.34. The lowest BCUT2D eigenvalue weighted by Gasteiger charge is -2.05. The van der Waals surface area contributed by atoms with E-state index in [1.54, 1.807) is 0 Å². The highest BCUT2D eigenvalue weighted by atomic mass is 16.2. The van der Waals surface area contributed by atoms with Crippen molar-refractivity contribution in [2.24, 2.45) is 5.92 Å². The van der Waals surface area contributed by atoms with E-state index in [0.717, 1.165) is 25.8 Å². The van der Waals surface area contributed by atoms with Crippen LogP contribution in [0.3, 0.4) is 0 Å². The Morgan fingerprint density at radius 2 is 1.67 bits per heavy atom. The molecule has 2 nitrogen and oxygen atoms in total. The standard InChI is InChI=1S/C19H21NO/c21-19(18-14-17(18)16-11-5-2-6-12-16)20-13-7-10-15-8-3-1-4-9-15/h1-6,8-9,11-12,17-18H,7,10,13-14H2,(H,20,21)/t17-,18-/m0/s1. The molecule has 2 heteroatoms. The van der Waals surface area contributed by atoms with Crippen molar-refractivity contribution in [3.05, 3.63) is 71.8 Å². The summed E-state index contributed by atoms with van der Waals surface area (Å²) in [5.74, 6) is 0.835. The molecule has 1 N–H and O–H groups in total. The van der Waals surface area contributed by atoms with Gasteiger partial charge >= 0.3 is 0 Å². The average molecular weight is 279 g/mol. The maximum absolute atomic E-state index is 12.1. The Morgan fingerprint density at radius 3 is 2.38 bits per heavy atom. The molecule has 0 radical (unpaired) electrons. The van der Waals surface area contributed by atoms with Gasteiger partial charge in [-0.3, -0.25) is 4.79 Å². The second-order valence-corrected chi connectivity index (χ2v) is 5.74. The third-order valence-electron chi connectivity index (χ3n) is 4.14. The van der Waals surface area contributed by atoms with Crippen molar-refractivity contribution in [1.82, 2.24) is 5.32 Å². The van der Waals surface area contributed by atoms with Crippen LogP contribution < -0.4 is 5.32 Å². The SMILES string of the molecule is O=C(NCCCc1ccccc1)[C@H]1C[C@H]1c1ccccc1. The fraction of sp³-hybridized carbons (Fsp3) is 0.316. The van der Waals surface area contributed by atoms with Crippen molar-refractivity contribution in [1.29, 1.82) is 0 Å². The van der Waals surface area contributed by atoms with E-state index in [1.165, 1.54) is 11.1 Å². The number of benzene rings is 2. The molecule has 2 atom stereocenters. The summed E-state index contributed by atoms with van der Waals surface area (Å²) >= 11 is 0. The van der Waals surface area contributed by atoms with Crippen LogP contribution in [-0.2, 0) is 11.2 Å². The van der Waals surface area contributed by atoms with Crippen LogP contribution in [0.4, 0.5) is 0 Å². The fourth-order valence-corrected chi connectivity index (χ4v) is 2.83. The van der Waals surface area contributed by atoms with E-state index in [-0.39, 0.29) is 11.8 Å². The summed E-state index contributed by atoms with van der Waals surface area (Å²) in [6, 6.07) is 20.8. The quantitative estimate of drug-likeness (QED) is 0.805. The van der Waals surface area contributed by atoms with E-state index < -0.39 is 0 Å². The van der Waals surface area contributed by atoms with Gasteiger partial charge in [0.05, 0.1) is 0 Å². The topological polar surface area (TPSA) is 29.1 Å². The first-order valence-electron chi connectivity index (χ1n) is 7.71. The van der Waals surface area contributed by atoms with Gasteiger partial charge in [-0.2, -0.15) is 0 Å². The van der Waals surface area contributed by atoms with Crippen molar-refractivity contribution in [3.8, 4) is 0 Å². The molecule has 21 heavy (non-hydrogen) atoms. The molecule has 2 aromatic rings. The van der Waals surface area contributed by atoms with Crippen LogP contribution in [0.15, 0.2) is 60.7 Å². The third kappa shape index (κ3) is 3.72. The van der Waals surface area contributed by atoms with Crippen molar-refractivity contribution in [3.63, 3.8) is 0 Å². The zero-order valence-corrected chi connectivity index (χ0v) is 12.2. The van der Waals surface area contributed by atoms with Crippen molar-refractivity contribution in [2.75, 3.05) is 6.54 Å². The summed E-state index contributed by atoms with van der Waals surface area (Å²) in [7, 11) is 0. The Kier molecular flexibility index (Phi) is 4.34. The zero-order valence-electron chi connectivity index (χ0n) is 12.2. The number of carbonyl (C=O) groups excluding carboxylic acids is 1. The molecule has 1 fully saturated rings. The number of hydrogen-bond acceptors (Lipinski definition) is 1. The number of rotatable bonds is 6. The molecule has 2 aromatic carbocycles. The predicted octanol–water partition coefficient (Wildman–Crippen LogP) is 3.54. The van der Waals surface area contributed by atoms with Gasteiger partial charge in [0.25, 0.3) is 0 Å². The highest BCUT2D eigenvalue weighted by Gasteiger charge is 2.43. The Hall–Kier alpha value is -2.09. The molecule has 0 unspecified atom stereocenters. The Labute approximate surface area is 126 Å². The normalized spacial score (nSPS) is 20.0. The third-order valence-corrected chi connectivity index (χ3v) is 4.14. The van der Waals surface area contributed by atoms with Gasteiger partial charge in [-0.25, -0.2) is 0 Å². The molecule has 1 amide bonds. The van der Waals surface area contributed by atoms with E-state index in [9.17, 15) is 4.79 Å².